The van der Waals surface area contributed by atoms with Gasteiger partial charge in [0.05, 0.1) is 17.3 Å². The standard InChI is InChI=1S/C27H31N5O4/c1-18-17-32(30-24(18)29-26(35)36-19(2)20-8-4-3-5-9-20)21-11-12-23(28-16-21)31-15-7-6-10-22(31)27(13-14-27)25(33)34/h3-5,8-9,11-12,16-17,19,22H,6-7,10,13-15H2,1-2H3,(H,33,34)(H,29,30,35). The first-order chi connectivity index (χ1) is 17.4. The number of aromatic nitrogens is 3. The number of amides is 1. The number of carboxylic acids is 1. The first kappa shape index (κ1) is 23.8. The molecule has 1 aliphatic heterocycles. The molecule has 2 atom stereocenters. The predicted octanol–water partition coefficient (Wildman–Crippen LogP) is 5.11. The third-order valence-electron chi connectivity index (χ3n) is 7.32. The Labute approximate surface area is 210 Å². The molecule has 3 heterocycles. The van der Waals surface area contributed by atoms with E-state index in [1.807, 2.05) is 62.5 Å². The van der Waals surface area contributed by atoms with Crippen LogP contribution in [0.25, 0.3) is 5.69 Å². The molecule has 3 aromatic rings. The van der Waals surface area contributed by atoms with Crippen LogP contribution >= 0.6 is 0 Å². The van der Waals surface area contributed by atoms with Gasteiger partial charge in [-0.25, -0.2) is 14.5 Å². The van der Waals surface area contributed by atoms with Gasteiger partial charge in [-0.05, 0) is 63.6 Å². The Bertz CT molecular complexity index is 1240. The molecule has 2 fully saturated rings. The van der Waals surface area contributed by atoms with Crippen LogP contribution in [-0.2, 0) is 9.53 Å². The van der Waals surface area contributed by atoms with Gasteiger partial charge in [-0.1, -0.05) is 30.3 Å². The number of hydrogen-bond acceptors (Lipinski definition) is 6. The molecule has 0 bridgehead atoms. The number of aryl methyl sites for hydroxylation is 1. The highest BCUT2D eigenvalue weighted by Crippen LogP contribution is 2.53. The van der Waals surface area contributed by atoms with Crippen LogP contribution in [0.3, 0.4) is 0 Å². The lowest BCUT2D eigenvalue weighted by Gasteiger charge is -2.40. The molecule has 2 aliphatic rings. The number of piperidine rings is 1. The Hall–Kier alpha value is -3.88. The number of carboxylic acid groups (broad SMARTS) is 1. The number of pyridine rings is 1. The van der Waals surface area contributed by atoms with Gasteiger partial charge in [-0.2, -0.15) is 0 Å². The average Bonchev–Trinajstić information content (AvgIpc) is 3.63. The molecule has 1 saturated heterocycles. The first-order valence-corrected chi connectivity index (χ1v) is 12.4. The minimum absolute atomic E-state index is 0.0193. The highest BCUT2D eigenvalue weighted by atomic mass is 16.6. The van der Waals surface area contributed by atoms with E-state index in [0.29, 0.717) is 5.82 Å². The second-order valence-electron chi connectivity index (χ2n) is 9.73. The van der Waals surface area contributed by atoms with Gasteiger partial charge in [0, 0.05) is 24.3 Å². The lowest BCUT2D eigenvalue weighted by atomic mass is 9.87. The van der Waals surface area contributed by atoms with Gasteiger partial charge >= 0.3 is 12.1 Å². The van der Waals surface area contributed by atoms with Crippen molar-refractivity contribution < 1.29 is 19.4 Å². The fourth-order valence-corrected chi connectivity index (χ4v) is 5.08. The molecule has 9 nitrogen and oxygen atoms in total. The SMILES string of the molecule is Cc1cn(-c2ccc(N3CCCCC3C3(C(=O)O)CC3)nc2)nc1NC(=O)OC(C)c1ccccc1. The molecular formula is C27H31N5O4. The van der Waals surface area contributed by atoms with Crippen molar-refractivity contribution in [1.82, 2.24) is 14.8 Å². The summed E-state index contributed by atoms with van der Waals surface area (Å²) in [6.45, 7) is 4.49. The van der Waals surface area contributed by atoms with Crippen molar-refractivity contribution in [1.29, 1.82) is 0 Å². The van der Waals surface area contributed by atoms with Crippen molar-refractivity contribution >= 4 is 23.7 Å². The number of ether oxygens (including phenoxy) is 1. The van der Waals surface area contributed by atoms with Gasteiger partial charge in [0.2, 0.25) is 0 Å². The van der Waals surface area contributed by atoms with Crippen molar-refractivity contribution in [2.24, 2.45) is 5.41 Å². The Morgan fingerprint density at radius 3 is 2.61 bits per heavy atom. The number of aliphatic carboxylic acids is 1. The predicted molar refractivity (Wildman–Crippen MR) is 135 cm³/mol. The molecule has 1 amide bonds. The number of anilines is 2. The quantitative estimate of drug-likeness (QED) is 0.475. The molecular weight excluding hydrogens is 458 g/mol. The molecule has 1 aromatic carbocycles. The number of carbonyl (C=O) groups excluding carboxylic acids is 1. The number of hydrogen-bond donors (Lipinski definition) is 2. The van der Waals surface area contributed by atoms with Crippen molar-refractivity contribution in [2.45, 2.75) is 58.1 Å². The van der Waals surface area contributed by atoms with Gasteiger partial charge in [0.15, 0.2) is 5.82 Å². The number of benzene rings is 1. The normalized spacial score (nSPS) is 19.4. The van der Waals surface area contributed by atoms with Gasteiger partial charge in [0.1, 0.15) is 11.9 Å². The largest absolute Gasteiger partial charge is 0.481 e. The van der Waals surface area contributed by atoms with Crippen LogP contribution in [0.2, 0.25) is 0 Å². The third-order valence-corrected chi connectivity index (χ3v) is 7.32. The van der Waals surface area contributed by atoms with Crippen LogP contribution in [0.5, 0.6) is 0 Å². The van der Waals surface area contributed by atoms with Crippen molar-refractivity contribution in [2.75, 3.05) is 16.8 Å². The Kier molecular flexibility index (Phi) is 6.38. The van der Waals surface area contributed by atoms with E-state index in [-0.39, 0.29) is 12.1 Å². The number of nitrogens with one attached hydrogen (secondary N) is 1. The maximum absolute atomic E-state index is 12.4. The minimum Gasteiger partial charge on any atom is -0.481 e. The molecule has 2 unspecified atom stereocenters. The topological polar surface area (TPSA) is 110 Å². The van der Waals surface area contributed by atoms with Crippen molar-refractivity contribution in [3.05, 3.63) is 66.0 Å². The lowest BCUT2D eigenvalue weighted by Crippen LogP contribution is -2.48. The molecule has 2 N–H and O–H groups in total. The summed E-state index contributed by atoms with van der Waals surface area (Å²) in [4.78, 5) is 31.2. The highest BCUT2D eigenvalue weighted by molar-refractivity contribution is 5.84. The molecule has 188 valence electrons. The average molecular weight is 490 g/mol. The first-order valence-electron chi connectivity index (χ1n) is 12.4. The second kappa shape index (κ2) is 9.64. The van der Waals surface area contributed by atoms with Crippen LogP contribution < -0.4 is 10.2 Å². The zero-order valence-corrected chi connectivity index (χ0v) is 20.6. The smallest absolute Gasteiger partial charge is 0.413 e. The minimum atomic E-state index is -0.695. The summed E-state index contributed by atoms with van der Waals surface area (Å²) < 4.78 is 7.16. The molecule has 2 aromatic heterocycles. The third kappa shape index (κ3) is 4.65. The molecule has 5 rings (SSSR count). The van der Waals surface area contributed by atoms with E-state index in [4.69, 9.17) is 4.74 Å². The lowest BCUT2D eigenvalue weighted by molar-refractivity contribution is -0.144. The number of rotatable bonds is 7. The fraction of sp³-hybridized carbons (Fsp3) is 0.407. The highest BCUT2D eigenvalue weighted by Gasteiger charge is 2.58. The summed E-state index contributed by atoms with van der Waals surface area (Å²) in [5.41, 5.74) is 1.81. The Morgan fingerprint density at radius 1 is 1.17 bits per heavy atom. The summed E-state index contributed by atoms with van der Waals surface area (Å²) in [6, 6.07) is 13.4. The van der Waals surface area contributed by atoms with Crippen LogP contribution in [0.15, 0.2) is 54.9 Å². The van der Waals surface area contributed by atoms with Gasteiger partial charge in [-0.3, -0.25) is 10.1 Å². The fourth-order valence-electron chi connectivity index (χ4n) is 5.08. The maximum atomic E-state index is 12.4. The summed E-state index contributed by atoms with van der Waals surface area (Å²) in [7, 11) is 0. The summed E-state index contributed by atoms with van der Waals surface area (Å²) >= 11 is 0. The summed E-state index contributed by atoms with van der Waals surface area (Å²) in [5.74, 6) is 0.508. The molecule has 0 radical (unpaired) electrons. The van der Waals surface area contributed by atoms with E-state index < -0.39 is 17.5 Å². The van der Waals surface area contributed by atoms with Crippen LogP contribution in [0.1, 0.15) is 56.3 Å². The van der Waals surface area contributed by atoms with E-state index in [1.165, 1.54) is 0 Å². The number of nitrogens with zero attached hydrogens (tertiary/aromatic N) is 4. The van der Waals surface area contributed by atoms with Crippen LogP contribution in [0.4, 0.5) is 16.4 Å². The summed E-state index contributed by atoms with van der Waals surface area (Å²) in [6.07, 6.45) is 7.00. The van der Waals surface area contributed by atoms with Crippen LogP contribution in [0, 0.1) is 12.3 Å². The van der Waals surface area contributed by atoms with E-state index in [1.54, 1.807) is 10.9 Å². The Morgan fingerprint density at radius 2 is 1.94 bits per heavy atom. The molecule has 9 heteroatoms. The Balaban J connectivity index is 1.27. The van der Waals surface area contributed by atoms with Crippen molar-refractivity contribution in [3.63, 3.8) is 0 Å². The molecule has 1 saturated carbocycles. The maximum Gasteiger partial charge on any atom is 0.413 e. The van der Waals surface area contributed by atoms with E-state index in [0.717, 1.165) is 61.3 Å². The van der Waals surface area contributed by atoms with E-state index >= 15 is 0 Å². The van der Waals surface area contributed by atoms with E-state index in [9.17, 15) is 14.7 Å². The second-order valence-corrected chi connectivity index (χ2v) is 9.73. The monoisotopic (exact) mass is 489 g/mol. The van der Waals surface area contributed by atoms with Gasteiger partial charge in [-0.15, -0.1) is 5.10 Å². The molecule has 1 aliphatic carbocycles. The van der Waals surface area contributed by atoms with Gasteiger partial charge in [0.25, 0.3) is 0 Å². The zero-order valence-electron chi connectivity index (χ0n) is 20.6. The molecule has 0 spiro atoms. The number of carbonyl (C=O) groups is 2. The van der Waals surface area contributed by atoms with Crippen molar-refractivity contribution in [3.8, 4) is 5.69 Å². The zero-order chi connectivity index (χ0) is 25.3. The van der Waals surface area contributed by atoms with Gasteiger partial charge < -0.3 is 14.7 Å². The van der Waals surface area contributed by atoms with Crippen LogP contribution in [-0.4, -0.2) is 44.5 Å². The summed E-state index contributed by atoms with van der Waals surface area (Å²) in [5, 5.41) is 17.0. The van der Waals surface area contributed by atoms with E-state index in [2.05, 4.69) is 20.3 Å². The molecule has 36 heavy (non-hydrogen) atoms.